The Kier molecular flexibility index (Phi) is 5.16. The van der Waals surface area contributed by atoms with Gasteiger partial charge in [0.25, 0.3) is 0 Å². The topological polar surface area (TPSA) is 59.4 Å². The summed E-state index contributed by atoms with van der Waals surface area (Å²) in [7, 11) is 1.51. The van der Waals surface area contributed by atoms with Crippen LogP contribution in [0.15, 0.2) is 48.7 Å². The number of aromatic carboxylic acids is 1. The van der Waals surface area contributed by atoms with E-state index in [1.807, 2.05) is 0 Å². The van der Waals surface area contributed by atoms with Crippen LogP contribution in [0.5, 0.6) is 5.75 Å². The van der Waals surface area contributed by atoms with E-state index < -0.39 is 17.6 Å². The lowest BCUT2D eigenvalue weighted by molar-refractivity contribution is 0.0695. The van der Waals surface area contributed by atoms with Crippen molar-refractivity contribution in [3.8, 4) is 16.9 Å². The van der Waals surface area contributed by atoms with Crippen LogP contribution >= 0.6 is 0 Å². The average Bonchev–Trinajstić information content (AvgIpc) is 2.65. The fraction of sp³-hybridized carbons (Fsp3) is 0.143. The van der Waals surface area contributed by atoms with E-state index in [0.717, 1.165) is 0 Å². The highest BCUT2D eigenvalue weighted by molar-refractivity contribution is 5.89. The molecule has 0 saturated heterocycles. The molecule has 2 aromatic carbocycles. The van der Waals surface area contributed by atoms with Crippen molar-refractivity contribution in [3.63, 3.8) is 0 Å². The number of pyridine rings is 1. The molecule has 6 heteroatoms. The van der Waals surface area contributed by atoms with Gasteiger partial charge in [-0.2, -0.15) is 0 Å². The van der Waals surface area contributed by atoms with Crippen molar-refractivity contribution >= 4 is 5.97 Å². The molecule has 0 bridgehead atoms. The summed E-state index contributed by atoms with van der Waals surface area (Å²) in [6.45, 7) is 1.70. The summed E-state index contributed by atoms with van der Waals surface area (Å²) in [5, 5.41) is 9.31. The summed E-state index contributed by atoms with van der Waals surface area (Å²) in [6, 6.07) is 10.8. The highest BCUT2D eigenvalue weighted by Crippen LogP contribution is 2.28. The Morgan fingerprint density at radius 2 is 1.81 bits per heavy atom. The zero-order valence-corrected chi connectivity index (χ0v) is 14.8. The second-order valence-electron chi connectivity index (χ2n) is 6.14. The molecule has 0 spiro atoms. The maximum atomic E-state index is 14.6. The van der Waals surface area contributed by atoms with Crippen LogP contribution in [0.1, 0.15) is 27.2 Å². The molecular weight excluding hydrogens is 352 g/mol. The van der Waals surface area contributed by atoms with Crippen LogP contribution in [-0.2, 0) is 6.42 Å². The predicted octanol–water partition coefficient (Wildman–Crippen LogP) is 4.63. The number of carbonyl (C=O) groups is 1. The molecule has 0 atom stereocenters. The van der Waals surface area contributed by atoms with Gasteiger partial charge in [0.05, 0.1) is 18.4 Å². The van der Waals surface area contributed by atoms with Crippen molar-refractivity contribution in [3.05, 3.63) is 82.7 Å². The molecular formula is C21H17F2NO3. The summed E-state index contributed by atoms with van der Waals surface area (Å²) in [5.41, 5.74) is 1.46. The molecule has 0 aliphatic heterocycles. The third-order valence-electron chi connectivity index (χ3n) is 4.23. The quantitative estimate of drug-likeness (QED) is 0.712. The van der Waals surface area contributed by atoms with Crippen molar-refractivity contribution in [2.75, 3.05) is 7.11 Å². The van der Waals surface area contributed by atoms with Gasteiger partial charge in [0.1, 0.15) is 17.4 Å². The molecule has 1 heterocycles. The van der Waals surface area contributed by atoms with Crippen molar-refractivity contribution in [1.29, 1.82) is 0 Å². The zero-order valence-electron chi connectivity index (χ0n) is 14.8. The number of benzene rings is 2. The van der Waals surface area contributed by atoms with Gasteiger partial charge in [-0.1, -0.05) is 12.1 Å². The van der Waals surface area contributed by atoms with Crippen molar-refractivity contribution in [2.45, 2.75) is 13.3 Å². The van der Waals surface area contributed by atoms with Gasteiger partial charge in [0.15, 0.2) is 0 Å². The second-order valence-corrected chi connectivity index (χ2v) is 6.14. The number of carboxylic acid groups (broad SMARTS) is 1. The Hall–Kier alpha value is -3.28. The first-order valence-corrected chi connectivity index (χ1v) is 8.20. The van der Waals surface area contributed by atoms with Gasteiger partial charge in [-0.25, -0.2) is 13.6 Å². The third-order valence-corrected chi connectivity index (χ3v) is 4.23. The van der Waals surface area contributed by atoms with Gasteiger partial charge < -0.3 is 9.84 Å². The number of aryl methyl sites for hydroxylation is 1. The number of hydrogen-bond donors (Lipinski definition) is 1. The van der Waals surface area contributed by atoms with Gasteiger partial charge in [0.2, 0.25) is 0 Å². The van der Waals surface area contributed by atoms with Crippen LogP contribution in [0.2, 0.25) is 0 Å². The summed E-state index contributed by atoms with van der Waals surface area (Å²) in [4.78, 5) is 15.4. The number of carboxylic acids is 1. The van der Waals surface area contributed by atoms with E-state index in [1.165, 1.54) is 31.5 Å². The highest BCUT2D eigenvalue weighted by Gasteiger charge is 2.18. The van der Waals surface area contributed by atoms with Crippen LogP contribution in [0.3, 0.4) is 0 Å². The van der Waals surface area contributed by atoms with E-state index in [9.17, 15) is 18.7 Å². The highest BCUT2D eigenvalue weighted by atomic mass is 19.1. The lowest BCUT2D eigenvalue weighted by Crippen LogP contribution is -2.08. The minimum Gasteiger partial charge on any atom is -0.497 e. The molecule has 0 aliphatic rings. The molecule has 0 unspecified atom stereocenters. The molecule has 0 saturated carbocycles. The summed E-state index contributed by atoms with van der Waals surface area (Å²) >= 11 is 0. The van der Waals surface area contributed by atoms with Crippen LogP contribution in [-0.4, -0.2) is 23.2 Å². The van der Waals surface area contributed by atoms with E-state index >= 15 is 0 Å². The summed E-state index contributed by atoms with van der Waals surface area (Å²) in [5.74, 6) is -2.12. The number of ether oxygens (including phenoxy) is 1. The van der Waals surface area contributed by atoms with Gasteiger partial charge in [0, 0.05) is 18.2 Å². The van der Waals surface area contributed by atoms with E-state index in [0.29, 0.717) is 22.4 Å². The molecule has 0 amide bonds. The van der Waals surface area contributed by atoms with Gasteiger partial charge in [-0.05, 0) is 53.9 Å². The number of aromatic nitrogens is 1. The molecule has 0 aliphatic carbocycles. The lowest BCUT2D eigenvalue weighted by Gasteiger charge is -2.11. The van der Waals surface area contributed by atoms with Crippen molar-refractivity contribution < 1.29 is 23.4 Å². The van der Waals surface area contributed by atoms with Crippen LogP contribution in [0.4, 0.5) is 8.78 Å². The van der Waals surface area contributed by atoms with Crippen LogP contribution in [0, 0.1) is 18.6 Å². The molecule has 138 valence electrons. The molecule has 4 nitrogen and oxygen atoms in total. The van der Waals surface area contributed by atoms with Gasteiger partial charge >= 0.3 is 5.97 Å². The third kappa shape index (κ3) is 3.95. The predicted molar refractivity (Wildman–Crippen MR) is 97.1 cm³/mol. The first kappa shape index (κ1) is 18.5. The Bertz CT molecular complexity index is 995. The maximum Gasteiger partial charge on any atom is 0.337 e. The molecule has 0 radical (unpaired) electrons. The first-order valence-electron chi connectivity index (χ1n) is 8.20. The van der Waals surface area contributed by atoms with Crippen LogP contribution in [0.25, 0.3) is 11.1 Å². The number of nitrogens with zero attached hydrogens (tertiary/aromatic N) is 1. The fourth-order valence-electron chi connectivity index (χ4n) is 2.83. The Labute approximate surface area is 155 Å². The standard InChI is InChI=1S/C21H17F2NO3/c1-12-6-17(21(25)26)20(24-11-12)10-16-18(22)8-14(9-19(16)23)13-4-3-5-15(7-13)27-2/h3-9,11H,10H2,1-2H3,(H,25,26). The first-order chi connectivity index (χ1) is 12.9. The Balaban J connectivity index is 2.00. The lowest BCUT2D eigenvalue weighted by atomic mass is 9.98. The van der Waals surface area contributed by atoms with E-state index in [1.54, 1.807) is 31.2 Å². The smallest absolute Gasteiger partial charge is 0.337 e. The molecule has 3 aromatic rings. The summed E-state index contributed by atoms with van der Waals surface area (Å²) < 4.78 is 34.4. The van der Waals surface area contributed by atoms with Crippen molar-refractivity contribution in [2.24, 2.45) is 0 Å². The van der Waals surface area contributed by atoms with E-state index in [-0.39, 0.29) is 23.2 Å². The largest absolute Gasteiger partial charge is 0.497 e. The fourth-order valence-corrected chi connectivity index (χ4v) is 2.83. The number of methoxy groups -OCH3 is 1. The van der Waals surface area contributed by atoms with Gasteiger partial charge in [-0.3, -0.25) is 4.98 Å². The number of rotatable bonds is 5. The zero-order chi connectivity index (χ0) is 19.6. The molecule has 1 aromatic heterocycles. The SMILES string of the molecule is COc1cccc(-c2cc(F)c(Cc3ncc(C)cc3C(=O)O)c(F)c2)c1. The second kappa shape index (κ2) is 7.53. The minimum atomic E-state index is -1.19. The Morgan fingerprint density at radius 1 is 1.11 bits per heavy atom. The monoisotopic (exact) mass is 369 g/mol. The maximum absolute atomic E-state index is 14.6. The number of halogens is 2. The average molecular weight is 369 g/mol. The summed E-state index contributed by atoms with van der Waals surface area (Å²) in [6.07, 6.45) is 1.22. The molecule has 3 rings (SSSR count). The molecule has 0 fully saturated rings. The van der Waals surface area contributed by atoms with E-state index in [4.69, 9.17) is 4.74 Å². The number of hydrogen-bond acceptors (Lipinski definition) is 3. The van der Waals surface area contributed by atoms with Crippen LogP contribution < -0.4 is 4.74 Å². The van der Waals surface area contributed by atoms with Gasteiger partial charge in [-0.15, -0.1) is 0 Å². The molecule has 27 heavy (non-hydrogen) atoms. The van der Waals surface area contributed by atoms with Crippen molar-refractivity contribution in [1.82, 2.24) is 4.98 Å². The molecule has 1 N–H and O–H groups in total. The normalized spacial score (nSPS) is 10.7. The Morgan fingerprint density at radius 3 is 2.44 bits per heavy atom. The van der Waals surface area contributed by atoms with E-state index in [2.05, 4.69) is 4.98 Å². The minimum absolute atomic E-state index is 0.0642.